The van der Waals surface area contributed by atoms with Crippen molar-refractivity contribution in [3.8, 4) is 0 Å². The van der Waals surface area contributed by atoms with Gasteiger partial charge in [0.05, 0.1) is 23.2 Å². The maximum Gasteiger partial charge on any atom is 0.259 e. The Balaban J connectivity index is 1.61. The van der Waals surface area contributed by atoms with Crippen LogP contribution >= 0.6 is 0 Å². The van der Waals surface area contributed by atoms with Gasteiger partial charge < -0.3 is 9.42 Å². The summed E-state index contributed by atoms with van der Waals surface area (Å²) < 4.78 is 29.9. The van der Waals surface area contributed by atoms with Gasteiger partial charge in [0.25, 0.3) is 5.91 Å². The van der Waals surface area contributed by atoms with Crippen LogP contribution in [0.3, 0.4) is 0 Å². The average Bonchev–Trinajstić information content (AvgIpc) is 3.13. The zero-order valence-corrected chi connectivity index (χ0v) is 16.3. The molecule has 0 radical (unpaired) electrons. The van der Waals surface area contributed by atoms with Gasteiger partial charge in [-0.05, 0) is 19.4 Å². The zero-order valence-electron chi connectivity index (χ0n) is 15.5. The van der Waals surface area contributed by atoms with Crippen LogP contribution in [0.4, 0.5) is 0 Å². The number of carbonyl (C=O) groups is 1. The number of benzene rings is 1. The number of nitrogens with zero attached hydrogens (tertiary/aromatic N) is 3. The molecule has 4 rings (SSSR count). The Hall–Kier alpha value is -2.19. The molecule has 0 spiro atoms. The van der Waals surface area contributed by atoms with Crippen LogP contribution in [0.1, 0.15) is 27.4 Å². The fourth-order valence-electron chi connectivity index (χ4n) is 4.22. The first-order valence-electron chi connectivity index (χ1n) is 9.08. The van der Waals surface area contributed by atoms with Gasteiger partial charge in [0.15, 0.2) is 9.84 Å². The maximum absolute atomic E-state index is 13.1. The second-order valence-electron chi connectivity index (χ2n) is 7.37. The minimum absolute atomic E-state index is 0.0120. The van der Waals surface area contributed by atoms with Crippen LogP contribution < -0.4 is 0 Å². The smallest absolute Gasteiger partial charge is 0.259 e. The van der Waals surface area contributed by atoms with Gasteiger partial charge in [-0.2, -0.15) is 0 Å². The molecular formula is C19H23N3O4S. The second kappa shape index (κ2) is 6.76. The van der Waals surface area contributed by atoms with E-state index < -0.39 is 9.84 Å². The van der Waals surface area contributed by atoms with Crippen LogP contribution in [0.2, 0.25) is 0 Å². The number of rotatable bonds is 3. The Morgan fingerprint density at radius 2 is 1.85 bits per heavy atom. The first-order chi connectivity index (χ1) is 12.9. The van der Waals surface area contributed by atoms with Crippen LogP contribution in [0.5, 0.6) is 0 Å². The molecule has 2 aromatic rings. The maximum atomic E-state index is 13.1. The van der Waals surface area contributed by atoms with E-state index in [2.05, 4.69) is 10.1 Å². The second-order valence-corrected chi connectivity index (χ2v) is 9.52. The van der Waals surface area contributed by atoms with Crippen molar-refractivity contribution >= 4 is 15.7 Å². The molecule has 0 unspecified atom stereocenters. The molecule has 0 saturated carbocycles. The van der Waals surface area contributed by atoms with Crippen LogP contribution in [-0.4, -0.2) is 66.0 Å². The van der Waals surface area contributed by atoms with Gasteiger partial charge in [-0.25, -0.2) is 8.42 Å². The van der Waals surface area contributed by atoms with Gasteiger partial charge in [-0.15, -0.1) is 0 Å². The molecule has 2 fully saturated rings. The number of hydrogen-bond donors (Lipinski definition) is 0. The van der Waals surface area contributed by atoms with Crippen molar-refractivity contribution in [1.29, 1.82) is 0 Å². The van der Waals surface area contributed by atoms with Crippen LogP contribution in [-0.2, 0) is 16.4 Å². The fraction of sp³-hybridized carbons (Fsp3) is 0.474. The minimum atomic E-state index is -3.18. The molecule has 27 heavy (non-hydrogen) atoms. The highest BCUT2D eigenvalue weighted by molar-refractivity contribution is 7.91. The van der Waals surface area contributed by atoms with E-state index >= 15 is 0 Å². The van der Waals surface area contributed by atoms with Crippen molar-refractivity contribution in [3.63, 3.8) is 0 Å². The van der Waals surface area contributed by atoms with E-state index in [0.717, 1.165) is 5.56 Å². The number of carbonyl (C=O) groups excluding carboxylic acids is 1. The topological polar surface area (TPSA) is 83.7 Å². The molecule has 8 heteroatoms. The predicted octanol–water partition coefficient (Wildman–Crippen LogP) is 1.42. The summed E-state index contributed by atoms with van der Waals surface area (Å²) in [7, 11) is -3.18. The average molecular weight is 389 g/mol. The van der Waals surface area contributed by atoms with Gasteiger partial charge in [0.1, 0.15) is 11.3 Å². The molecule has 1 aromatic carbocycles. The molecule has 7 nitrogen and oxygen atoms in total. The van der Waals surface area contributed by atoms with Crippen LogP contribution in [0.15, 0.2) is 34.9 Å². The van der Waals surface area contributed by atoms with E-state index in [9.17, 15) is 13.2 Å². The molecule has 0 aliphatic carbocycles. The van der Waals surface area contributed by atoms with E-state index in [1.165, 1.54) is 0 Å². The summed E-state index contributed by atoms with van der Waals surface area (Å²) in [5.41, 5.74) is 2.14. The molecule has 1 aromatic heterocycles. The molecule has 0 bridgehead atoms. The molecule has 2 saturated heterocycles. The van der Waals surface area contributed by atoms with E-state index in [0.29, 0.717) is 36.7 Å². The summed E-state index contributed by atoms with van der Waals surface area (Å²) in [6, 6.07) is 9.49. The number of piperazine rings is 1. The van der Waals surface area contributed by atoms with Crippen molar-refractivity contribution in [1.82, 2.24) is 15.0 Å². The molecule has 0 N–H and O–H groups in total. The van der Waals surface area contributed by atoms with Crippen LogP contribution in [0, 0.1) is 13.8 Å². The van der Waals surface area contributed by atoms with E-state index in [-0.39, 0.29) is 29.5 Å². The SMILES string of the molecule is Cc1noc(C)c1C(=O)N1CCN(Cc2ccccc2)[C@@H]2CS(=O)(=O)C[C@@H]21. The highest BCUT2D eigenvalue weighted by Gasteiger charge is 2.48. The molecule has 144 valence electrons. The molecule has 3 heterocycles. The monoisotopic (exact) mass is 389 g/mol. The number of aryl methyl sites for hydroxylation is 2. The van der Waals surface area contributed by atoms with Gasteiger partial charge in [0, 0.05) is 25.7 Å². The fourth-order valence-corrected chi connectivity index (χ4v) is 6.23. The number of hydrogen-bond acceptors (Lipinski definition) is 6. The third kappa shape index (κ3) is 3.39. The normalized spacial score (nSPS) is 24.7. The summed E-state index contributed by atoms with van der Waals surface area (Å²) in [6.45, 7) is 5.26. The molecular weight excluding hydrogens is 366 g/mol. The molecule has 2 aliphatic heterocycles. The first kappa shape index (κ1) is 18.2. The Kier molecular flexibility index (Phi) is 4.55. The quantitative estimate of drug-likeness (QED) is 0.789. The van der Waals surface area contributed by atoms with Gasteiger partial charge in [-0.3, -0.25) is 9.69 Å². The van der Waals surface area contributed by atoms with Crippen molar-refractivity contribution < 1.29 is 17.7 Å². The van der Waals surface area contributed by atoms with Gasteiger partial charge >= 0.3 is 0 Å². The van der Waals surface area contributed by atoms with E-state index in [4.69, 9.17) is 4.52 Å². The molecule has 1 amide bonds. The Bertz CT molecular complexity index is 935. The van der Waals surface area contributed by atoms with Crippen molar-refractivity contribution in [2.75, 3.05) is 24.6 Å². The minimum Gasteiger partial charge on any atom is -0.361 e. The highest BCUT2D eigenvalue weighted by Crippen LogP contribution is 2.30. The summed E-state index contributed by atoms with van der Waals surface area (Å²) in [5, 5.41) is 3.87. The highest BCUT2D eigenvalue weighted by atomic mass is 32.2. The lowest BCUT2D eigenvalue weighted by atomic mass is 10.0. The van der Waals surface area contributed by atoms with Gasteiger partial charge in [-0.1, -0.05) is 35.5 Å². The zero-order chi connectivity index (χ0) is 19.2. The summed E-state index contributed by atoms with van der Waals surface area (Å²) in [5.74, 6) is 0.396. The Morgan fingerprint density at radius 3 is 2.52 bits per heavy atom. The standard InChI is InChI=1S/C19H23N3O4S/c1-13-18(14(2)26-20-13)19(23)22-9-8-21(10-15-6-4-3-5-7-15)16-11-27(24,25)12-17(16)22/h3-7,16-17H,8-12H2,1-2H3/t16-,17+/m1/s1. The summed E-state index contributed by atoms with van der Waals surface area (Å²) >= 11 is 0. The lowest BCUT2D eigenvalue weighted by molar-refractivity contribution is 0.0304. The summed E-state index contributed by atoms with van der Waals surface area (Å²) in [6.07, 6.45) is 0. The lowest BCUT2D eigenvalue weighted by Gasteiger charge is -2.44. The molecule has 2 atom stereocenters. The number of sulfone groups is 1. The van der Waals surface area contributed by atoms with E-state index in [1.54, 1.807) is 18.7 Å². The third-order valence-electron chi connectivity index (χ3n) is 5.53. The number of aromatic nitrogens is 1. The lowest BCUT2D eigenvalue weighted by Crippen LogP contribution is -2.60. The summed E-state index contributed by atoms with van der Waals surface area (Å²) in [4.78, 5) is 17.0. The van der Waals surface area contributed by atoms with Crippen molar-refractivity contribution in [2.45, 2.75) is 32.5 Å². The van der Waals surface area contributed by atoms with Crippen LogP contribution in [0.25, 0.3) is 0 Å². The molecule has 2 aliphatic rings. The number of fused-ring (bicyclic) bond motifs is 1. The largest absolute Gasteiger partial charge is 0.361 e. The number of amides is 1. The van der Waals surface area contributed by atoms with Crippen molar-refractivity contribution in [2.24, 2.45) is 0 Å². The Labute approximate surface area is 158 Å². The third-order valence-corrected chi connectivity index (χ3v) is 7.23. The van der Waals surface area contributed by atoms with Gasteiger partial charge in [0.2, 0.25) is 0 Å². The van der Waals surface area contributed by atoms with Crippen molar-refractivity contribution in [3.05, 3.63) is 52.9 Å². The first-order valence-corrected chi connectivity index (χ1v) is 10.9. The van der Waals surface area contributed by atoms with E-state index in [1.807, 2.05) is 30.3 Å². The Morgan fingerprint density at radius 1 is 1.15 bits per heavy atom. The predicted molar refractivity (Wildman–Crippen MR) is 100 cm³/mol.